The fourth-order valence-corrected chi connectivity index (χ4v) is 3.60. The minimum absolute atomic E-state index is 0.218. The quantitative estimate of drug-likeness (QED) is 0.734. The molecule has 0 saturated carbocycles. The Morgan fingerprint density at radius 1 is 0.964 bits per heavy atom. The topological polar surface area (TPSA) is 66.5 Å². The summed E-state index contributed by atoms with van der Waals surface area (Å²) in [6, 6.07) is 10.5. The van der Waals surface area contributed by atoms with E-state index in [1.54, 1.807) is 6.07 Å². The molecule has 1 aliphatic heterocycles. The van der Waals surface area contributed by atoms with Gasteiger partial charge in [0.2, 0.25) is 5.91 Å². The van der Waals surface area contributed by atoms with Crippen LogP contribution in [0, 0.1) is 0 Å². The molecule has 3 amide bonds. The predicted molar refractivity (Wildman–Crippen MR) is 110 cm³/mol. The molecule has 0 unspecified atom stereocenters. The molecule has 0 spiro atoms. The Bertz CT molecular complexity index is 940. The molecular weight excluding hydrogens is 376 g/mol. The average molecular weight is 399 g/mol. The van der Waals surface area contributed by atoms with Gasteiger partial charge in [0, 0.05) is 10.7 Å². The van der Waals surface area contributed by atoms with Gasteiger partial charge in [-0.3, -0.25) is 19.3 Å². The van der Waals surface area contributed by atoms with Crippen LogP contribution in [-0.2, 0) is 4.79 Å². The van der Waals surface area contributed by atoms with E-state index in [-0.39, 0.29) is 29.5 Å². The second-order valence-electron chi connectivity index (χ2n) is 7.56. The second kappa shape index (κ2) is 7.76. The highest BCUT2D eigenvalue weighted by Crippen LogP contribution is 2.32. The molecule has 0 bridgehead atoms. The number of nitrogens with zero attached hydrogens (tertiary/aromatic N) is 1. The number of amides is 3. The van der Waals surface area contributed by atoms with E-state index in [0.29, 0.717) is 5.02 Å². The zero-order chi connectivity index (χ0) is 20.6. The molecule has 1 heterocycles. The fourth-order valence-electron chi connectivity index (χ4n) is 3.42. The van der Waals surface area contributed by atoms with Gasteiger partial charge in [0.05, 0.1) is 11.1 Å². The number of nitrogens with one attached hydrogen (secondary N) is 1. The zero-order valence-corrected chi connectivity index (χ0v) is 17.1. The molecule has 6 heteroatoms. The van der Waals surface area contributed by atoms with E-state index in [1.165, 1.54) is 12.1 Å². The first-order valence-electron chi connectivity index (χ1n) is 9.29. The Balaban J connectivity index is 1.84. The molecule has 0 radical (unpaired) electrons. The molecule has 0 atom stereocenters. The highest BCUT2D eigenvalue weighted by atomic mass is 35.5. The summed E-state index contributed by atoms with van der Waals surface area (Å²) < 4.78 is 0. The fraction of sp³-hybridized carbons (Fsp3) is 0.318. The molecule has 1 aliphatic rings. The summed E-state index contributed by atoms with van der Waals surface area (Å²) in [6.07, 6.45) is 0. The number of halogens is 1. The summed E-state index contributed by atoms with van der Waals surface area (Å²) in [5.41, 5.74) is 3.31. The Labute approximate surface area is 169 Å². The van der Waals surface area contributed by atoms with Crippen molar-refractivity contribution in [3.63, 3.8) is 0 Å². The lowest BCUT2D eigenvalue weighted by Gasteiger charge is -2.21. The molecule has 1 N–H and O–H groups in total. The van der Waals surface area contributed by atoms with Crippen molar-refractivity contribution < 1.29 is 14.4 Å². The Hall–Kier alpha value is -2.66. The van der Waals surface area contributed by atoms with Crippen molar-refractivity contribution in [1.29, 1.82) is 0 Å². The van der Waals surface area contributed by atoms with Gasteiger partial charge in [0.15, 0.2) is 0 Å². The van der Waals surface area contributed by atoms with E-state index in [2.05, 4.69) is 33.0 Å². The summed E-state index contributed by atoms with van der Waals surface area (Å²) in [7, 11) is 0. The summed E-state index contributed by atoms with van der Waals surface area (Å²) >= 11 is 5.93. The maximum atomic E-state index is 12.7. The van der Waals surface area contributed by atoms with E-state index >= 15 is 0 Å². The van der Waals surface area contributed by atoms with Gasteiger partial charge in [-0.05, 0) is 41.2 Å². The van der Waals surface area contributed by atoms with Crippen molar-refractivity contribution in [3.05, 3.63) is 63.7 Å². The van der Waals surface area contributed by atoms with Crippen LogP contribution >= 0.6 is 11.6 Å². The number of fused-ring (bicyclic) bond motifs is 1. The molecule has 2 aromatic rings. The number of carbonyl (C=O) groups excluding carboxylic acids is 3. The predicted octanol–water partition coefficient (Wildman–Crippen LogP) is 4.82. The van der Waals surface area contributed by atoms with E-state index in [1.807, 2.05) is 18.2 Å². The van der Waals surface area contributed by atoms with Crippen molar-refractivity contribution in [2.24, 2.45) is 0 Å². The molecule has 146 valence electrons. The molecule has 0 aliphatic carbocycles. The summed E-state index contributed by atoms with van der Waals surface area (Å²) in [6.45, 7) is 7.89. The molecular formula is C22H23ClN2O3. The number of anilines is 1. The minimum atomic E-state index is -0.501. The van der Waals surface area contributed by atoms with Crippen LogP contribution < -0.4 is 5.32 Å². The van der Waals surface area contributed by atoms with Gasteiger partial charge in [-0.15, -0.1) is 0 Å². The van der Waals surface area contributed by atoms with Gasteiger partial charge in [-0.1, -0.05) is 57.5 Å². The number of para-hydroxylation sites is 1. The highest BCUT2D eigenvalue weighted by molar-refractivity contribution is 6.32. The number of carbonyl (C=O) groups is 3. The third kappa shape index (κ3) is 3.67. The molecule has 2 aromatic carbocycles. The van der Waals surface area contributed by atoms with Crippen LogP contribution in [0.15, 0.2) is 36.4 Å². The molecule has 3 rings (SSSR count). The van der Waals surface area contributed by atoms with Crippen LogP contribution in [-0.4, -0.2) is 29.2 Å². The summed E-state index contributed by atoms with van der Waals surface area (Å²) in [5.74, 6) is -0.951. The van der Waals surface area contributed by atoms with Crippen molar-refractivity contribution in [2.75, 3.05) is 11.9 Å². The number of imide groups is 1. The molecule has 28 heavy (non-hydrogen) atoms. The van der Waals surface area contributed by atoms with Crippen molar-refractivity contribution in [1.82, 2.24) is 4.90 Å². The third-order valence-electron chi connectivity index (χ3n) is 4.87. The second-order valence-corrected chi connectivity index (χ2v) is 7.99. The number of benzene rings is 2. The van der Waals surface area contributed by atoms with Crippen LogP contribution in [0.3, 0.4) is 0 Å². The van der Waals surface area contributed by atoms with Gasteiger partial charge >= 0.3 is 0 Å². The largest absolute Gasteiger partial charge is 0.324 e. The maximum Gasteiger partial charge on any atom is 0.262 e. The first-order chi connectivity index (χ1) is 13.2. The van der Waals surface area contributed by atoms with E-state index < -0.39 is 17.7 Å². The number of rotatable bonds is 5. The standard InChI is InChI=1S/C22H23ClN2O3/c1-12(2)15-6-5-7-16(13(3)4)20(15)24-19(26)11-25-21(27)17-9-8-14(23)10-18(17)22(25)28/h5-10,12-13H,11H2,1-4H3,(H,24,26). The smallest absolute Gasteiger partial charge is 0.262 e. The lowest BCUT2D eigenvalue weighted by atomic mass is 9.92. The first-order valence-corrected chi connectivity index (χ1v) is 9.67. The van der Waals surface area contributed by atoms with Gasteiger partial charge in [-0.2, -0.15) is 0 Å². The zero-order valence-electron chi connectivity index (χ0n) is 16.4. The number of hydrogen-bond donors (Lipinski definition) is 1. The van der Waals surface area contributed by atoms with E-state index in [0.717, 1.165) is 21.7 Å². The van der Waals surface area contributed by atoms with Gasteiger partial charge < -0.3 is 5.32 Å². The van der Waals surface area contributed by atoms with Crippen LogP contribution in [0.5, 0.6) is 0 Å². The Kier molecular flexibility index (Phi) is 5.57. The van der Waals surface area contributed by atoms with Crippen LogP contribution in [0.1, 0.15) is 71.4 Å². The minimum Gasteiger partial charge on any atom is -0.324 e. The van der Waals surface area contributed by atoms with Crippen LogP contribution in [0.2, 0.25) is 5.02 Å². The highest BCUT2D eigenvalue weighted by Gasteiger charge is 2.36. The van der Waals surface area contributed by atoms with E-state index in [9.17, 15) is 14.4 Å². The monoisotopic (exact) mass is 398 g/mol. The molecule has 5 nitrogen and oxygen atoms in total. The number of hydrogen-bond acceptors (Lipinski definition) is 3. The van der Waals surface area contributed by atoms with Gasteiger partial charge in [0.1, 0.15) is 6.54 Å². The first kappa shape index (κ1) is 20.1. The lowest BCUT2D eigenvalue weighted by molar-refractivity contribution is -0.116. The Morgan fingerprint density at radius 3 is 2.11 bits per heavy atom. The molecule has 0 fully saturated rings. The van der Waals surface area contributed by atoms with Gasteiger partial charge in [0.25, 0.3) is 11.8 Å². The van der Waals surface area contributed by atoms with Crippen molar-refractivity contribution in [2.45, 2.75) is 39.5 Å². The van der Waals surface area contributed by atoms with Gasteiger partial charge in [-0.25, -0.2) is 0 Å². The van der Waals surface area contributed by atoms with Crippen LogP contribution in [0.25, 0.3) is 0 Å². The molecule has 0 aromatic heterocycles. The summed E-state index contributed by atoms with van der Waals surface area (Å²) in [5, 5.41) is 3.31. The van der Waals surface area contributed by atoms with E-state index in [4.69, 9.17) is 11.6 Å². The van der Waals surface area contributed by atoms with Crippen LogP contribution in [0.4, 0.5) is 5.69 Å². The summed E-state index contributed by atoms with van der Waals surface area (Å²) in [4.78, 5) is 38.8. The van der Waals surface area contributed by atoms with Crippen molar-refractivity contribution >= 4 is 35.0 Å². The average Bonchev–Trinajstić information content (AvgIpc) is 2.85. The third-order valence-corrected chi connectivity index (χ3v) is 5.11. The normalized spacial score (nSPS) is 13.5. The molecule has 0 saturated heterocycles. The lowest BCUT2D eigenvalue weighted by Crippen LogP contribution is -2.37. The Morgan fingerprint density at radius 2 is 1.54 bits per heavy atom. The maximum absolute atomic E-state index is 12.7. The van der Waals surface area contributed by atoms with Crippen molar-refractivity contribution in [3.8, 4) is 0 Å². The SMILES string of the molecule is CC(C)c1cccc(C(C)C)c1NC(=O)CN1C(=O)c2ccc(Cl)cc2C1=O.